The van der Waals surface area contributed by atoms with E-state index in [4.69, 9.17) is 5.26 Å². The summed E-state index contributed by atoms with van der Waals surface area (Å²) < 4.78 is 25.0. The summed E-state index contributed by atoms with van der Waals surface area (Å²) in [5.41, 5.74) is 2.94. The molecule has 0 fully saturated rings. The van der Waals surface area contributed by atoms with Crippen molar-refractivity contribution >= 4 is 10.0 Å². The number of aromatic nitrogens is 2. The summed E-state index contributed by atoms with van der Waals surface area (Å²) in [5, 5.41) is 12.4. The fraction of sp³-hybridized carbons (Fsp3) is 0.286. The van der Waals surface area contributed by atoms with Gasteiger partial charge in [-0.1, -0.05) is 6.07 Å². The number of nitriles is 1. The second kappa shape index (κ2) is 5.10. The topological polar surface area (TPSA) is 75.8 Å². The van der Waals surface area contributed by atoms with Crippen molar-refractivity contribution in [1.82, 2.24) is 9.19 Å². The van der Waals surface area contributed by atoms with Crippen LogP contribution in [-0.4, -0.2) is 22.9 Å². The second-order valence-corrected chi connectivity index (χ2v) is 7.24. The molecule has 0 radical (unpaired) electrons. The lowest BCUT2D eigenvalue weighted by Gasteiger charge is -2.06. The van der Waals surface area contributed by atoms with Gasteiger partial charge in [0, 0.05) is 5.56 Å². The molecule has 0 saturated carbocycles. The van der Waals surface area contributed by atoms with Crippen LogP contribution in [0.2, 0.25) is 0 Å². The van der Waals surface area contributed by atoms with Crippen LogP contribution in [0.25, 0.3) is 11.1 Å². The van der Waals surface area contributed by atoms with Gasteiger partial charge in [0.15, 0.2) is 0 Å². The second-order valence-electron chi connectivity index (χ2n) is 4.89. The molecule has 0 spiro atoms. The molecule has 0 unspecified atom stereocenters. The third-order valence-electron chi connectivity index (χ3n) is 2.96. The van der Waals surface area contributed by atoms with Gasteiger partial charge in [0.25, 0.3) is 10.0 Å². The minimum absolute atomic E-state index is 0.539. The van der Waals surface area contributed by atoms with Crippen molar-refractivity contribution < 1.29 is 8.42 Å². The van der Waals surface area contributed by atoms with Crippen LogP contribution in [0.15, 0.2) is 30.6 Å². The Kier molecular flexibility index (Phi) is 3.64. The minimum Gasteiger partial charge on any atom is -0.204 e. The fourth-order valence-corrected chi connectivity index (χ4v) is 2.69. The maximum Gasteiger partial charge on any atom is 0.256 e. The standard InChI is InChI=1S/C14H15N3O2S/c1-10(2)20(18,19)17-9-14(8-16-17)13-5-11(3)4-12(6-13)7-15/h4-6,8-10H,1-3H3. The van der Waals surface area contributed by atoms with Gasteiger partial charge in [-0.15, -0.1) is 0 Å². The maximum absolute atomic E-state index is 12.0. The minimum atomic E-state index is -3.45. The van der Waals surface area contributed by atoms with Gasteiger partial charge >= 0.3 is 0 Å². The van der Waals surface area contributed by atoms with Gasteiger partial charge in [0.05, 0.1) is 29.3 Å². The Morgan fingerprint density at radius 3 is 2.55 bits per heavy atom. The lowest BCUT2D eigenvalue weighted by atomic mass is 10.0. The van der Waals surface area contributed by atoms with Crippen LogP contribution < -0.4 is 0 Å². The first-order valence-electron chi connectivity index (χ1n) is 6.16. The average molecular weight is 289 g/mol. The Hall–Kier alpha value is -2.13. The van der Waals surface area contributed by atoms with E-state index in [1.807, 2.05) is 13.0 Å². The summed E-state index contributed by atoms with van der Waals surface area (Å²) in [5.74, 6) is 0. The van der Waals surface area contributed by atoms with E-state index in [2.05, 4.69) is 11.2 Å². The summed E-state index contributed by atoms with van der Waals surface area (Å²) in [6.45, 7) is 5.11. The molecule has 2 rings (SSSR count). The van der Waals surface area contributed by atoms with Crippen molar-refractivity contribution in [3.05, 3.63) is 41.7 Å². The summed E-state index contributed by atoms with van der Waals surface area (Å²) in [6, 6.07) is 7.48. The molecule has 0 bridgehead atoms. The molecule has 104 valence electrons. The molecule has 1 aromatic heterocycles. The largest absolute Gasteiger partial charge is 0.256 e. The third-order valence-corrected chi connectivity index (χ3v) is 4.87. The van der Waals surface area contributed by atoms with Crippen LogP contribution in [0.3, 0.4) is 0 Å². The highest BCUT2D eigenvalue weighted by molar-refractivity contribution is 7.90. The summed E-state index contributed by atoms with van der Waals surface area (Å²) in [4.78, 5) is 0. The van der Waals surface area contributed by atoms with Crippen LogP contribution in [0.1, 0.15) is 25.0 Å². The molecule has 0 N–H and O–H groups in total. The Balaban J connectivity index is 2.50. The number of benzene rings is 1. The SMILES string of the molecule is Cc1cc(C#N)cc(-c2cnn(S(=O)(=O)C(C)C)c2)c1. The van der Waals surface area contributed by atoms with Crippen molar-refractivity contribution in [2.45, 2.75) is 26.0 Å². The van der Waals surface area contributed by atoms with Crippen molar-refractivity contribution in [2.24, 2.45) is 0 Å². The molecule has 5 nitrogen and oxygen atoms in total. The first-order chi connectivity index (χ1) is 9.34. The zero-order valence-corrected chi connectivity index (χ0v) is 12.3. The van der Waals surface area contributed by atoms with Gasteiger partial charge < -0.3 is 0 Å². The zero-order valence-electron chi connectivity index (χ0n) is 11.5. The highest BCUT2D eigenvalue weighted by Crippen LogP contribution is 2.22. The average Bonchev–Trinajstić information content (AvgIpc) is 2.87. The van der Waals surface area contributed by atoms with Crippen LogP contribution >= 0.6 is 0 Å². The van der Waals surface area contributed by atoms with E-state index < -0.39 is 15.3 Å². The zero-order chi connectivity index (χ0) is 14.9. The number of aryl methyl sites for hydroxylation is 1. The highest BCUT2D eigenvalue weighted by atomic mass is 32.2. The maximum atomic E-state index is 12.0. The van der Waals surface area contributed by atoms with Gasteiger partial charge in [-0.3, -0.25) is 0 Å². The molecule has 0 aliphatic carbocycles. The molecule has 0 atom stereocenters. The summed E-state index contributed by atoms with van der Waals surface area (Å²) >= 11 is 0. The van der Waals surface area contributed by atoms with Crippen molar-refractivity contribution in [3.63, 3.8) is 0 Å². The molecular weight excluding hydrogens is 274 g/mol. The first-order valence-corrected chi connectivity index (χ1v) is 7.66. The molecule has 0 saturated heterocycles. The van der Waals surface area contributed by atoms with Gasteiger partial charge in [-0.25, -0.2) is 8.42 Å². The predicted octanol–water partition coefficient (Wildman–Crippen LogP) is 2.32. The lowest BCUT2D eigenvalue weighted by Crippen LogP contribution is -2.22. The van der Waals surface area contributed by atoms with E-state index in [1.54, 1.807) is 26.0 Å². The fourth-order valence-electron chi connectivity index (χ4n) is 1.82. The highest BCUT2D eigenvalue weighted by Gasteiger charge is 2.19. The van der Waals surface area contributed by atoms with E-state index >= 15 is 0 Å². The van der Waals surface area contributed by atoms with E-state index in [0.29, 0.717) is 11.1 Å². The Labute approximate surface area is 118 Å². The molecular formula is C14H15N3O2S. The predicted molar refractivity (Wildman–Crippen MR) is 76.6 cm³/mol. The molecule has 1 heterocycles. The van der Waals surface area contributed by atoms with E-state index in [9.17, 15) is 8.42 Å². The summed E-state index contributed by atoms with van der Waals surface area (Å²) in [7, 11) is -3.45. The molecule has 0 amide bonds. The quantitative estimate of drug-likeness (QED) is 0.869. The van der Waals surface area contributed by atoms with Crippen molar-refractivity contribution in [3.8, 4) is 17.2 Å². The van der Waals surface area contributed by atoms with Crippen molar-refractivity contribution in [2.75, 3.05) is 0 Å². The number of nitrogens with zero attached hydrogens (tertiary/aromatic N) is 3. The van der Waals surface area contributed by atoms with Crippen molar-refractivity contribution in [1.29, 1.82) is 5.26 Å². The van der Waals surface area contributed by atoms with E-state index in [-0.39, 0.29) is 0 Å². The van der Waals surface area contributed by atoms with E-state index in [1.165, 1.54) is 12.4 Å². The Morgan fingerprint density at radius 1 is 1.25 bits per heavy atom. The Bertz CT molecular complexity index is 783. The van der Waals surface area contributed by atoms with E-state index in [0.717, 1.165) is 15.2 Å². The molecule has 0 aliphatic heterocycles. The van der Waals surface area contributed by atoms with Crippen LogP contribution in [0, 0.1) is 18.3 Å². The number of hydrogen-bond donors (Lipinski definition) is 0. The Morgan fingerprint density at radius 2 is 1.95 bits per heavy atom. The lowest BCUT2D eigenvalue weighted by molar-refractivity contribution is 0.571. The molecule has 20 heavy (non-hydrogen) atoms. The third kappa shape index (κ3) is 2.58. The van der Waals surface area contributed by atoms with Crippen LogP contribution in [-0.2, 0) is 10.0 Å². The summed E-state index contributed by atoms with van der Waals surface area (Å²) in [6.07, 6.45) is 2.97. The molecule has 0 aliphatic rings. The van der Waals surface area contributed by atoms with Crippen LogP contribution in [0.5, 0.6) is 0 Å². The monoisotopic (exact) mass is 289 g/mol. The first kappa shape index (κ1) is 14.3. The van der Waals surface area contributed by atoms with Gasteiger partial charge in [0.2, 0.25) is 0 Å². The number of rotatable bonds is 3. The molecule has 2 aromatic rings. The molecule has 6 heteroatoms. The van der Waals surface area contributed by atoms with Crippen LogP contribution in [0.4, 0.5) is 0 Å². The normalized spacial score (nSPS) is 11.6. The van der Waals surface area contributed by atoms with Gasteiger partial charge in [-0.05, 0) is 44.0 Å². The smallest absolute Gasteiger partial charge is 0.204 e. The number of hydrogen-bond acceptors (Lipinski definition) is 4. The van der Waals surface area contributed by atoms with Gasteiger partial charge in [0.1, 0.15) is 0 Å². The molecule has 1 aromatic carbocycles. The van der Waals surface area contributed by atoms with Gasteiger partial charge in [-0.2, -0.15) is 14.4 Å².